The number of amides is 1. The Morgan fingerprint density at radius 2 is 2.05 bits per heavy atom. The number of aryl methyl sites for hydroxylation is 1. The summed E-state index contributed by atoms with van der Waals surface area (Å²) < 4.78 is 1.89. The van der Waals surface area contributed by atoms with Gasteiger partial charge in [0, 0.05) is 50.0 Å². The summed E-state index contributed by atoms with van der Waals surface area (Å²) in [7, 11) is 0. The Morgan fingerprint density at radius 1 is 1.24 bits per heavy atom. The Hall–Kier alpha value is -2.24. The van der Waals surface area contributed by atoms with E-state index in [9.17, 15) is 4.79 Å². The Morgan fingerprint density at radius 3 is 2.67 bits per heavy atom. The average Bonchev–Trinajstić information content (AvgIpc) is 2.93. The predicted molar refractivity (Wildman–Crippen MR) is 77.6 cm³/mol. The molecule has 1 aliphatic rings. The van der Waals surface area contributed by atoms with Crippen molar-refractivity contribution in [2.45, 2.75) is 32.2 Å². The van der Waals surface area contributed by atoms with Gasteiger partial charge in [-0.05, 0) is 19.8 Å². The molecule has 1 saturated heterocycles. The van der Waals surface area contributed by atoms with E-state index in [1.165, 1.54) is 0 Å². The number of piperidine rings is 1. The van der Waals surface area contributed by atoms with Crippen molar-refractivity contribution in [2.24, 2.45) is 0 Å². The maximum atomic E-state index is 12.3. The third kappa shape index (κ3) is 3.09. The number of hydrogen-bond acceptors (Lipinski definition) is 4. The molecule has 0 atom stereocenters. The van der Waals surface area contributed by atoms with E-state index in [-0.39, 0.29) is 5.91 Å². The second kappa shape index (κ2) is 6.03. The lowest BCUT2D eigenvalue weighted by molar-refractivity contribution is -0.132. The first-order valence-electron chi connectivity index (χ1n) is 7.25. The smallest absolute Gasteiger partial charge is 0.242 e. The highest BCUT2D eigenvalue weighted by molar-refractivity contribution is 5.76. The number of carbonyl (C=O) groups is 1. The van der Waals surface area contributed by atoms with Crippen LogP contribution in [0.4, 0.5) is 0 Å². The molecular formula is C15H19N5O. The third-order valence-electron chi connectivity index (χ3n) is 4.08. The summed E-state index contributed by atoms with van der Waals surface area (Å²) in [5, 5.41) is 0. The summed E-state index contributed by atoms with van der Waals surface area (Å²) in [6.45, 7) is 3.86. The van der Waals surface area contributed by atoms with Gasteiger partial charge in [-0.15, -0.1) is 0 Å². The second-order valence-corrected chi connectivity index (χ2v) is 5.39. The van der Waals surface area contributed by atoms with Crippen molar-refractivity contribution < 1.29 is 4.79 Å². The third-order valence-corrected chi connectivity index (χ3v) is 4.08. The quantitative estimate of drug-likeness (QED) is 0.855. The minimum Gasteiger partial charge on any atom is -0.341 e. The van der Waals surface area contributed by atoms with E-state index in [1.807, 2.05) is 28.8 Å². The molecule has 0 N–H and O–H groups in total. The van der Waals surface area contributed by atoms with Crippen molar-refractivity contribution in [1.29, 1.82) is 0 Å². The zero-order valence-corrected chi connectivity index (χ0v) is 12.1. The number of rotatable bonds is 3. The van der Waals surface area contributed by atoms with Crippen molar-refractivity contribution in [3.8, 4) is 0 Å². The molecule has 1 aliphatic heterocycles. The number of likely N-dealkylation sites (tertiary alicyclic amines) is 1. The van der Waals surface area contributed by atoms with Crippen molar-refractivity contribution in [1.82, 2.24) is 24.4 Å². The van der Waals surface area contributed by atoms with Gasteiger partial charge in [0.1, 0.15) is 12.4 Å². The molecule has 3 heterocycles. The normalized spacial score (nSPS) is 16.1. The van der Waals surface area contributed by atoms with Gasteiger partial charge in [-0.1, -0.05) is 0 Å². The molecule has 0 aliphatic carbocycles. The number of hydrogen-bond donors (Lipinski definition) is 0. The summed E-state index contributed by atoms with van der Waals surface area (Å²) in [6.07, 6.45) is 10.7. The van der Waals surface area contributed by atoms with Gasteiger partial charge in [0.2, 0.25) is 5.91 Å². The van der Waals surface area contributed by atoms with Crippen molar-refractivity contribution >= 4 is 5.91 Å². The molecule has 0 aromatic carbocycles. The average molecular weight is 285 g/mol. The van der Waals surface area contributed by atoms with Gasteiger partial charge in [-0.3, -0.25) is 14.8 Å². The maximum Gasteiger partial charge on any atom is 0.242 e. The molecule has 0 unspecified atom stereocenters. The van der Waals surface area contributed by atoms with E-state index in [2.05, 4.69) is 15.0 Å². The fourth-order valence-corrected chi connectivity index (χ4v) is 2.76. The van der Waals surface area contributed by atoms with E-state index in [0.717, 1.165) is 37.4 Å². The standard InChI is InChI=1S/C15H19N5O/c1-12-17-6-9-20(12)11-15(21)19-7-2-13(3-8-19)14-10-16-4-5-18-14/h4-6,9-10,13H,2-3,7-8,11H2,1H3. The number of aromatic nitrogens is 4. The molecule has 0 bridgehead atoms. The van der Waals surface area contributed by atoms with E-state index in [1.54, 1.807) is 18.6 Å². The number of imidazole rings is 1. The molecule has 6 nitrogen and oxygen atoms in total. The molecule has 21 heavy (non-hydrogen) atoms. The fourth-order valence-electron chi connectivity index (χ4n) is 2.76. The van der Waals surface area contributed by atoms with E-state index >= 15 is 0 Å². The fraction of sp³-hybridized carbons (Fsp3) is 0.467. The lowest BCUT2D eigenvalue weighted by Gasteiger charge is -2.31. The Kier molecular flexibility index (Phi) is 3.94. The summed E-state index contributed by atoms with van der Waals surface area (Å²) in [6, 6.07) is 0. The van der Waals surface area contributed by atoms with Crippen LogP contribution in [0.15, 0.2) is 31.0 Å². The summed E-state index contributed by atoms with van der Waals surface area (Å²) >= 11 is 0. The SMILES string of the molecule is Cc1nccn1CC(=O)N1CCC(c2cnccn2)CC1. The number of nitrogens with zero attached hydrogens (tertiary/aromatic N) is 5. The van der Waals surface area contributed by atoms with Crippen LogP contribution in [-0.2, 0) is 11.3 Å². The maximum absolute atomic E-state index is 12.3. The molecular weight excluding hydrogens is 266 g/mol. The lowest BCUT2D eigenvalue weighted by Crippen LogP contribution is -2.39. The minimum atomic E-state index is 0.161. The number of carbonyl (C=O) groups excluding carboxylic acids is 1. The highest BCUT2D eigenvalue weighted by Gasteiger charge is 2.24. The molecule has 6 heteroatoms. The first kappa shape index (κ1) is 13.7. The van der Waals surface area contributed by atoms with Gasteiger partial charge in [-0.25, -0.2) is 4.98 Å². The molecule has 0 radical (unpaired) electrons. The molecule has 1 fully saturated rings. The molecule has 1 amide bonds. The van der Waals surface area contributed by atoms with Crippen LogP contribution >= 0.6 is 0 Å². The van der Waals surface area contributed by atoms with Gasteiger partial charge in [0.15, 0.2) is 0 Å². The van der Waals surface area contributed by atoms with Gasteiger partial charge in [-0.2, -0.15) is 0 Å². The Balaban J connectivity index is 1.56. The molecule has 3 rings (SSSR count). The summed E-state index contributed by atoms with van der Waals surface area (Å²) in [5.41, 5.74) is 1.04. The van der Waals surface area contributed by atoms with Crippen molar-refractivity contribution in [3.63, 3.8) is 0 Å². The van der Waals surface area contributed by atoms with Crippen LogP contribution in [-0.4, -0.2) is 43.4 Å². The molecule has 0 saturated carbocycles. The summed E-state index contributed by atoms with van der Waals surface area (Å²) in [5.74, 6) is 1.45. The second-order valence-electron chi connectivity index (χ2n) is 5.39. The molecule has 0 spiro atoms. The van der Waals surface area contributed by atoms with Gasteiger partial charge >= 0.3 is 0 Å². The van der Waals surface area contributed by atoms with E-state index in [4.69, 9.17) is 0 Å². The highest BCUT2D eigenvalue weighted by atomic mass is 16.2. The first-order valence-corrected chi connectivity index (χ1v) is 7.25. The Bertz CT molecular complexity index is 602. The van der Waals surface area contributed by atoms with Crippen LogP contribution in [0.3, 0.4) is 0 Å². The van der Waals surface area contributed by atoms with Crippen LogP contribution in [0.5, 0.6) is 0 Å². The van der Waals surface area contributed by atoms with Gasteiger partial charge in [0.25, 0.3) is 0 Å². The molecule has 2 aromatic rings. The summed E-state index contributed by atoms with van der Waals surface area (Å²) in [4.78, 5) is 26.9. The highest BCUT2D eigenvalue weighted by Crippen LogP contribution is 2.26. The van der Waals surface area contributed by atoms with Crippen molar-refractivity contribution in [3.05, 3.63) is 42.5 Å². The Labute approximate surface area is 123 Å². The zero-order valence-electron chi connectivity index (χ0n) is 12.1. The first-order chi connectivity index (χ1) is 10.2. The van der Waals surface area contributed by atoms with Gasteiger partial charge < -0.3 is 9.47 Å². The molecule has 110 valence electrons. The largest absolute Gasteiger partial charge is 0.341 e. The van der Waals surface area contributed by atoms with Crippen LogP contribution in [0.2, 0.25) is 0 Å². The zero-order chi connectivity index (χ0) is 14.7. The topological polar surface area (TPSA) is 63.9 Å². The van der Waals surface area contributed by atoms with Gasteiger partial charge in [0.05, 0.1) is 5.69 Å². The predicted octanol–water partition coefficient (Wildman–Crippen LogP) is 1.39. The van der Waals surface area contributed by atoms with E-state index in [0.29, 0.717) is 12.5 Å². The molecule has 2 aromatic heterocycles. The van der Waals surface area contributed by atoms with Crippen molar-refractivity contribution in [2.75, 3.05) is 13.1 Å². The lowest BCUT2D eigenvalue weighted by atomic mass is 9.94. The van der Waals surface area contributed by atoms with Crippen LogP contribution in [0.1, 0.15) is 30.3 Å². The van der Waals surface area contributed by atoms with E-state index < -0.39 is 0 Å². The monoisotopic (exact) mass is 285 g/mol. The van der Waals surface area contributed by atoms with Crippen LogP contribution in [0, 0.1) is 6.92 Å². The van der Waals surface area contributed by atoms with Crippen LogP contribution < -0.4 is 0 Å². The van der Waals surface area contributed by atoms with Crippen LogP contribution in [0.25, 0.3) is 0 Å². The minimum absolute atomic E-state index is 0.161.